The van der Waals surface area contributed by atoms with Gasteiger partial charge in [0, 0.05) is 56.9 Å². The van der Waals surface area contributed by atoms with Crippen LogP contribution in [0.4, 0.5) is 5.69 Å². The molecule has 0 unspecified atom stereocenters. The molecule has 148 valence electrons. The number of carbonyl (C=O) groups is 1. The Bertz CT molecular complexity index is 788. The van der Waals surface area contributed by atoms with Crippen LogP contribution in [0.25, 0.3) is 0 Å². The molecular formula is C17H26IN7OS. The molecule has 2 aromatic heterocycles. The first kappa shape index (κ1) is 21.6. The zero-order valence-corrected chi connectivity index (χ0v) is 19.0. The first-order valence-electron chi connectivity index (χ1n) is 8.80. The number of amides is 1. The molecule has 1 aliphatic heterocycles. The average molecular weight is 503 g/mol. The van der Waals surface area contributed by atoms with Crippen LogP contribution >= 0.6 is 35.3 Å². The van der Waals surface area contributed by atoms with Gasteiger partial charge in [0.15, 0.2) is 5.96 Å². The summed E-state index contributed by atoms with van der Waals surface area (Å²) < 4.78 is 1.71. The Morgan fingerprint density at radius 3 is 2.78 bits per heavy atom. The Kier molecular flexibility index (Phi) is 8.02. The number of hydrogen-bond acceptors (Lipinski definition) is 5. The van der Waals surface area contributed by atoms with E-state index < -0.39 is 0 Å². The Labute approximate surface area is 180 Å². The van der Waals surface area contributed by atoms with E-state index in [0.29, 0.717) is 19.6 Å². The lowest BCUT2D eigenvalue weighted by molar-refractivity contribution is -0.120. The molecule has 1 N–H and O–H groups in total. The molecule has 3 rings (SSSR count). The predicted octanol–water partition coefficient (Wildman–Crippen LogP) is 1.66. The lowest BCUT2D eigenvalue weighted by Gasteiger charge is -2.35. The van der Waals surface area contributed by atoms with Gasteiger partial charge in [-0.05, 0) is 13.8 Å². The lowest BCUT2D eigenvalue weighted by atomic mass is 10.3. The van der Waals surface area contributed by atoms with Gasteiger partial charge in [0.25, 0.3) is 0 Å². The summed E-state index contributed by atoms with van der Waals surface area (Å²) in [5.41, 5.74) is 0.846. The zero-order valence-electron chi connectivity index (χ0n) is 15.9. The average Bonchev–Trinajstić information content (AvgIpc) is 3.22. The quantitative estimate of drug-likeness (QED) is 0.382. The van der Waals surface area contributed by atoms with E-state index in [0.717, 1.165) is 36.2 Å². The van der Waals surface area contributed by atoms with Gasteiger partial charge in [0.2, 0.25) is 5.91 Å². The first-order valence-corrected chi connectivity index (χ1v) is 9.62. The highest BCUT2D eigenvalue weighted by Gasteiger charge is 2.27. The number of aromatic nitrogens is 3. The van der Waals surface area contributed by atoms with Crippen molar-refractivity contribution in [3.8, 4) is 0 Å². The van der Waals surface area contributed by atoms with Crippen molar-refractivity contribution in [3.63, 3.8) is 0 Å². The Hall–Kier alpha value is -1.69. The molecule has 1 fully saturated rings. The van der Waals surface area contributed by atoms with Crippen LogP contribution < -0.4 is 10.2 Å². The highest BCUT2D eigenvalue weighted by atomic mass is 127. The maximum absolute atomic E-state index is 12.6. The molecule has 1 aliphatic rings. The lowest BCUT2D eigenvalue weighted by Crippen LogP contribution is -2.55. The maximum Gasteiger partial charge on any atom is 0.246 e. The zero-order chi connectivity index (χ0) is 18.5. The maximum atomic E-state index is 12.6. The fourth-order valence-corrected chi connectivity index (χ4v) is 3.65. The van der Waals surface area contributed by atoms with Crippen LogP contribution in [0.2, 0.25) is 0 Å². The van der Waals surface area contributed by atoms with Crippen molar-refractivity contribution in [2.24, 2.45) is 12.0 Å². The van der Waals surface area contributed by atoms with Gasteiger partial charge in [0.1, 0.15) is 6.54 Å². The number of carbonyl (C=O) groups excluding carboxylic acids is 1. The molecule has 1 amide bonds. The van der Waals surface area contributed by atoms with Gasteiger partial charge in [-0.15, -0.1) is 35.3 Å². The van der Waals surface area contributed by atoms with Crippen molar-refractivity contribution in [1.82, 2.24) is 25.0 Å². The minimum Gasteiger partial charge on any atom is -0.357 e. The third-order valence-electron chi connectivity index (χ3n) is 4.11. The molecule has 0 atom stereocenters. The minimum absolute atomic E-state index is 0. The number of anilines is 1. The summed E-state index contributed by atoms with van der Waals surface area (Å²) in [4.78, 5) is 26.7. The molecule has 2 aromatic rings. The Morgan fingerprint density at radius 2 is 2.19 bits per heavy atom. The predicted molar refractivity (Wildman–Crippen MR) is 119 cm³/mol. The third-order valence-corrected chi connectivity index (χ3v) is 5.09. The number of nitrogens with one attached hydrogen (secondary N) is 1. The molecule has 0 aromatic carbocycles. The number of halogens is 1. The molecule has 1 saturated heterocycles. The highest BCUT2D eigenvalue weighted by molar-refractivity contribution is 14.0. The van der Waals surface area contributed by atoms with E-state index in [1.54, 1.807) is 27.1 Å². The van der Waals surface area contributed by atoms with Crippen LogP contribution in [0.5, 0.6) is 0 Å². The van der Waals surface area contributed by atoms with Gasteiger partial charge in [0.05, 0.1) is 16.9 Å². The molecule has 27 heavy (non-hydrogen) atoms. The van der Waals surface area contributed by atoms with E-state index in [2.05, 4.69) is 27.3 Å². The molecule has 0 saturated carbocycles. The number of aryl methyl sites for hydroxylation is 2. The minimum atomic E-state index is 0. The summed E-state index contributed by atoms with van der Waals surface area (Å²) in [5, 5.41) is 8.54. The van der Waals surface area contributed by atoms with Gasteiger partial charge in [-0.25, -0.2) is 4.98 Å². The van der Waals surface area contributed by atoms with E-state index in [9.17, 15) is 4.79 Å². The first-order chi connectivity index (χ1) is 12.6. The van der Waals surface area contributed by atoms with Gasteiger partial charge >= 0.3 is 0 Å². The van der Waals surface area contributed by atoms with Gasteiger partial charge in [-0.3, -0.25) is 14.5 Å². The van der Waals surface area contributed by atoms with E-state index >= 15 is 0 Å². The SMILES string of the molecule is CCNC(=NCCc1ncc(C)s1)N1CCN(c2cnn(C)c2)C(=O)C1.I. The van der Waals surface area contributed by atoms with E-state index in [-0.39, 0.29) is 29.9 Å². The molecular weight excluding hydrogens is 477 g/mol. The smallest absolute Gasteiger partial charge is 0.246 e. The molecule has 0 spiro atoms. The number of piperazine rings is 1. The molecule has 3 heterocycles. The van der Waals surface area contributed by atoms with E-state index in [4.69, 9.17) is 0 Å². The summed E-state index contributed by atoms with van der Waals surface area (Å²) in [7, 11) is 1.85. The number of nitrogens with zero attached hydrogens (tertiary/aromatic N) is 6. The van der Waals surface area contributed by atoms with Crippen molar-refractivity contribution in [2.45, 2.75) is 20.3 Å². The van der Waals surface area contributed by atoms with Gasteiger partial charge in [-0.2, -0.15) is 5.10 Å². The number of thiazole rings is 1. The second-order valence-corrected chi connectivity index (χ2v) is 7.51. The molecule has 0 aliphatic carbocycles. The van der Waals surface area contributed by atoms with Gasteiger partial charge < -0.3 is 15.1 Å². The third kappa shape index (κ3) is 5.64. The number of hydrogen-bond donors (Lipinski definition) is 1. The fraction of sp³-hybridized carbons (Fsp3) is 0.529. The largest absolute Gasteiger partial charge is 0.357 e. The van der Waals surface area contributed by atoms with Crippen molar-refractivity contribution in [2.75, 3.05) is 37.6 Å². The van der Waals surface area contributed by atoms with Crippen LogP contribution in [0, 0.1) is 6.92 Å². The molecule has 0 radical (unpaired) electrons. The van der Waals surface area contributed by atoms with Crippen molar-refractivity contribution < 1.29 is 4.79 Å². The topological polar surface area (TPSA) is 78.7 Å². The highest BCUT2D eigenvalue weighted by Crippen LogP contribution is 2.16. The standard InChI is InChI=1S/C17H25N7OS.HI/c1-4-18-17(19-6-5-15-20-9-13(2)26-15)23-7-8-24(16(25)12-23)14-10-21-22(3)11-14;/h9-11H,4-8,12H2,1-3H3,(H,18,19);1H. The van der Waals surface area contributed by atoms with Crippen molar-refractivity contribution in [3.05, 3.63) is 28.5 Å². The van der Waals surface area contributed by atoms with Crippen LogP contribution in [-0.4, -0.2) is 64.3 Å². The van der Waals surface area contributed by atoms with Crippen LogP contribution in [0.1, 0.15) is 16.8 Å². The summed E-state index contributed by atoms with van der Waals surface area (Å²) in [5.74, 6) is 0.852. The second-order valence-electron chi connectivity index (χ2n) is 6.19. The number of rotatable bonds is 5. The second kappa shape index (κ2) is 10.0. The number of aliphatic imine (C=N–C) groups is 1. The summed E-state index contributed by atoms with van der Waals surface area (Å²) >= 11 is 1.71. The Morgan fingerprint density at radius 1 is 1.37 bits per heavy atom. The fourth-order valence-electron chi connectivity index (χ4n) is 2.87. The molecule has 0 bridgehead atoms. The molecule has 8 nitrogen and oxygen atoms in total. The van der Waals surface area contributed by atoms with Crippen LogP contribution in [0.3, 0.4) is 0 Å². The normalized spacial score (nSPS) is 15.1. The van der Waals surface area contributed by atoms with Crippen molar-refractivity contribution >= 4 is 52.9 Å². The van der Waals surface area contributed by atoms with E-state index in [1.165, 1.54) is 4.88 Å². The van der Waals surface area contributed by atoms with Crippen LogP contribution in [0.15, 0.2) is 23.6 Å². The van der Waals surface area contributed by atoms with E-state index in [1.807, 2.05) is 31.3 Å². The number of guanidine groups is 1. The monoisotopic (exact) mass is 503 g/mol. The van der Waals surface area contributed by atoms with Crippen molar-refractivity contribution in [1.29, 1.82) is 0 Å². The Balaban J connectivity index is 0.00000261. The van der Waals surface area contributed by atoms with Gasteiger partial charge in [-0.1, -0.05) is 0 Å². The van der Waals surface area contributed by atoms with Crippen LogP contribution in [-0.2, 0) is 18.3 Å². The molecule has 10 heteroatoms. The summed E-state index contributed by atoms with van der Waals surface area (Å²) in [6, 6.07) is 0. The summed E-state index contributed by atoms with van der Waals surface area (Å²) in [6.45, 7) is 7.20. The summed E-state index contributed by atoms with van der Waals surface area (Å²) in [6.07, 6.45) is 6.30.